The molecule has 1 N–H and O–H groups in total. The second-order valence-electron chi connectivity index (χ2n) is 3.28. The van der Waals surface area contributed by atoms with Gasteiger partial charge in [0.15, 0.2) is 6.61 Å². The van der Waals surface area contributed by atoms with Crippen molar-refractivity contribution in [3.63, 3.8) is 0 Å². The van der Waals surface area contributed by atoms with Gasteiger partial charge in [0.25, 0.3) is 5.91 Å². The van der Waals surface area contributed by atoms with Crippen LogP contribution in [0, 0.1) is 5.82 Å². The second-order valence-corrected chi connectivity index (χ2v) is 4.20. The third kappa shape index (κ3) is 4.67. The number of ether oxygens (including phenoxy) is 1. The van der Waals surface area contributed by atoms with Gasteiger partial charge in [-0.2, -0.15) is 0 Å². The molecule has 1 aromatic carbocycles. The number of nitrogens with one attached hydrogen (secondary N) is 1. The van der Waals surface area contributed by atoms with Crippen LogP contribution in [0.5, 0.6) is 0 Å². The summed E-state index contributed by atoms with van der Waals surface area (Å²) in [6, 6.07) is 4.22. The molecule has 96 valence electrons. The van der Waals surface area contributed by atoms with Gasteiger partial charge in [0.1, 0.15) is 5.82 Å². The summed E-state index contributed by atoms with van der Waals surface area (Å²) >= 11 is 3.10. The molecule has 1 rings (SSSR count). The zero-order valence-corrected chi connectivity index (χ0v) is 11.2. The number of hydrogen-bond acceptors (Lipinski definition) is 3. The molecule has 1 amide bonds. The summed E-state index contributed by atoms with van der Waals surface area (Å²) in [6.07, 6.45) is 2.68. The van der Waals surface area contributed by atoms with Crippen LogP contribution < -0.4 is 5.32 Å². The van der Waals surface area contributed by atoms with Gasteiger partial charge in [-0.1, -0.05) is 22.0 Å². The predicted molar refractivity (Wildman–Crippen MR) is 68.5 cm³/mol. The number of rotatable bonds is 4. The lowest BCUT2D eigenvalue weighted by Gasteiger charge is -2.06. The molecule has 6 heteroatoms. The van der Waals surface area contributed by atoms with Crippen LogP contribution in [0.15, 0.2) is 34.8 Å². The Morgan fingerprint density at radius 1 is 1.50 bits per heavy atom. The summed E-state index contributed by atoms with van der Waals surface area (Å²) in [5.74, 6) is -1.80. The summed E-state index contributed by atoms with van der Waals surface area (Å²) in [5, 5.41) is 2.30. The molecule has 0 aliphatic rings. The third-order valence-corrected chi connectivity index (χ3v) is 2.35. The van der Waals surface area contributed by atoms with Crippen molar-refractivity contribution < 1.29 is 18.7 Å². The smallest absolute Gasteiger partial charge is 0.330 e. The van der Waals surface area contributed by atoms with Gasteiger partial charge < -0.3 is 10.1 Å². The predicted octanol–water partition coefficient (Wildman–Crippen LogP) is 2.65. The first-order chi connectivity index (χ1) is 8.52. The Balaban J connectivity index is 2.52. The van der Waals surface area contributed by atoms with E-state index >= 15 is 0 Å². The highest BCUT2D eigenvalue weighted by atomic mass is 79.9. The van der Waals surface area contributed by atoms with Crippen molar-refractivity contribution in [2.75, 3.05) is 11.9 Å². The third-order valence-electron chi connectivity index (χ3n) is 1.85. The minimum atomic E-state index is -0.621. The number of amides is 1. The zero-order chi connectivity index (χ0) is 13.5. The molecule has 0 aliphatic heterocycles. The van der Waals surface area contributed by atoms with Crippen molar-refractivity contribution in [1.29, 1.82) is 0 Å². The van der Waals surface area contributed by atoms with E-state index in [9.17, 15) is 14.0 Å². The molecular formula is C12H11BrFNO3. The maximum atomic E-state index is 13.4. The second kappa shape index (κ2) is 6.90. The number of carbonyl (C=O) groups excluding carboxylic acids is 2. The molecule has 0 fully saturated rings. The van der Waals surface area contributed by atoms with Gasteiger partial charge in [-0.15, -0.1) is 0 Å². The fourth-order valence-electron chi connectivity index (χ4n) is 1.10. The van der Waals surface area contributed by atoms with E-state index < -0.39 is 24.3 Å². The van der Waals surface area contributed by atoms with Crippen LogP contribution in [0.3, 0.4) is 0 Å². The number of hydrogen-bond donors (Lipinski definition) is 1. The molecule has 18 heavy (non-hydrogen) atoms. The minimum absolute atomic E-state index is 0.0327. The van der Waals surface area contributed by atoms with E-state index in [1.165, 1.54) is 24.3 Å². The average molecular weight is 316 g/mol. The standard InChI is InChI=1S/C12H11BrFNO3/c1-2-3-12(17)18-7-11(16)15-10-5-4-8(13)6-9(10)14/h2-6H,7H2,1H3,(H,15,16). The molecule has 0 saturated heterocycles. The van der Waals surface area contributed by atoms with Crippen LogP contribution in [-0.2, 0) is 14.3 Å². The summed E-state index contributed by atoms with van der Waals surface area (Å²) in [4.78, 5) is 22.3. The van der Waals surface area contributed by atoms with Crippen molar-refractivity contribution >= 4 is 33.5 Å². The molecule has 0 atom stereocenters. The monoisotopic (exact) mass is 315 g/mol. The van der Waals surface area contributed by atoms with Crippen LogP contribution in [0.1, 0.15) is 6.92 Å². The van der Waals surface area contributed by atoms with E-state index in [0.29, 0.717) is 4.47 Å². The lowest BCUT2D eigenvalue weighted by atomic mass is 10.3. The van der Waals surface area contributed by atoms with Crippen LogP contribution in [0.4, 0.5) is 10.1 Å². The minimum Gasteiger partial charge on any atom is -0.452 e. The van der Waals surface area contributed by atoms with Gasteiger partial charge in [-0.05, 0) is 25.1 Å². The molecule has 1 aromatic rings. The molecule has 0 heterocycles. The Kier molecular flexibility index (Phi) is 5.51. The van der Waals surface area contributed by atoms with Crippen molar-refractivity contribution in [3.05, 3.63) is 40.6 Å². The Morgan fingerprint density at radius 3 is 2.83 bits per heavy atom. The molecule has 4 nitrogen and oxygen atoms in total. The van der Waals surface area contributed by atoms with E-state index in [-0.39, 0.29) is 5.69 Å². The Hall–Kier alpha value is -1.69. The fraction of sp³-hybridized carbons (Fsp3) is 0.167. The average Bonchev–Trinajstić information content (AvgIpc) is 2.31. The van der Waals surface area contributed by atoms with Gasteiger partial charge in [0.2, 0.25) is 0 Å². The normalized spacial score (nSPS) is 10.4. The molecule has 0 saturated carbocycles. The highest BCUT2D eigenvalue weighted by molar-refractivity contribution is 9.10. The van der Waals surface area contributed by atoms with Gasteiger partial charge in [0, 0.05) is 10.5 Å². The van der Waals surface area contributed by atoms with Crippen LogP contribution in [0.25, 0.3) is 0 Å². The first-order valence-corrected chi connectivity index (χ1v) is 5.86. The summed E-state index contributed by atoms with van der Waals surface area (Å²) in [5.41, 5.74) is 0.0327. The molecule has 0 radical (unpaired) electrons. The number of allylic oxidation sites excluding steroid dienone is 1. The van der Waals surface area contributed by atoms with Crippen molar-refractivity contribution in [3.8, 4) is 0 Å². The van der Waals surface area contributed by atoms with E-state index in [1.54, 1.807) is 13.0 Å². The summed E-state index contributed by atoms with van der Waals surface area (Å²) in [6.45, 7) is 1.19. The van der Waals surface area contributed by atoms with Gasteiger partial charge >= 0.3 is 5.97 Å². The van der Waals surface area contributed by atoms with Crippen LogP contribution in [-0.4, -0.2) is 18.5 Å². The topological polar surface area (TPSA) is 55.4 Å². The molecule has 0 unspecified atom stereocenters. The molecular weight excluding hydrogens is 305 g/mol. The summed E-state index contributed by atoms with van der Waals surface area (Å²) in [7, 11) is 0. The SMILES string of the molecule is CC=CC(=O)OCC(=O)Nc1ccc(Br)cc1F. The largest absolute Gasteiger partial charge is 0.452 e. The van der Waals surface area contributed by atoms with Gasteiger partial charge in [-0.25, -0.2) is 9.18 Å². The molecule has 0 aromatic heterocycles. The Morgan fingerprint density at radius 2 is 2.22 bits per heavy atom. The molecule has 0 aliphatic carbocycles. The maximum Gasteiger partial charge on any atom is 0.330 e. The highest BCUT2D eigenvalue weighted by Gasteiger charge is 2.09. The highest BCUT2D eigenvalue weighted by Crippen LogP contribution is 2.19. The van der Waals surface area contributed by atoms with E-state index in [2.05, 4.69) is 26.0 Å². The Bertz CT molecular complexity index is 488. The van der Waals surface area contributed by atoms with Crippen molar-refractivity contribution in [2.24, 2.45) is 0 Å². The van der Waals surface area contributed by atoms with Gasteiger partial charge in [-0.3, -0.25) is 4.79 Å². The maximum absolute atomic E-state index is 13.4. The van der Waals surface area contributed by atoms with Gasteiger partial charge in [0.05, 0.1) is 5.69 Å². The van der Waals surface area contributed by atoms with E-state index in [4.69, 9.17) is 0 Å². The number of anilines is 1. The number of benzene rings is 1. The molecule has 0 spiro atoms. The first-order valence-electron chi connectivity index (χ1n) is 5.07. The zero-order valence-electron chi connectivity index (χ0n) is 9.57. The van der Waals surface area contributed by atoms with E-state index in [0.717, 1.165) is 0 Å². The van der Waals surface area contributed by atoms with Crippen molar-refractivity contribution in [1.82, 2.24) is 0 Å². The fourth-order valence-corrected chi connectivity index (χ4v) is 1.43. The van der Waals surface area contributed by atoms with Crippen LogP contribution >= 0.6 is 15.9 Å². The van der Waals surface area contributed by atoms with Crippen LogP contribution in [0.2, 0.25) is 0 Å². The lowest BCUT2D eigenvalue weighted by Crippen LogP contribution is -2.20. The number of carbonyl (C=O) groups is 2. The first kappa shape index (κ1) is 14.4. The number of halogens is 2. The molecule has 0 bridgehead atoms. The lowest BCUT2D eigenvalue weighted by molar-refractivity contribution is -0.142. The Labute approximate surface area is 112 Å². The summed E-state index contributed by atoms with van der Waals surface area (Å²) < 4.78 is 18.5. The van der Waals surface area contributed by atoms with E-state index in [1.807, 2.05) is 0 Å². The van der Waals surface area contributed by atoms with Crippen molar-refractivity contribution in [2.45, 2.75) is 6.92 Å². The quantitative estimate of drug-likeness (QED) is 0.686. The number of esters is 1.